The van der Waals surface area contributed by atoms with Gasteiger partial charge in [0.2, 0.25) is 0 Å². The highest BCUT2D eigenvalue weighted by molar-refractivity contribution is 6.12. The number of carbonyl (C=O) groups is 1. The van der Waals surface area contributed by atoms with E-state index in [2.05, 4.69) is 22.3 Å². The number of anilines is 1. The van der Waals surface area contributed by atoms with Crippen molar-refractivity contribution in [1.29, 1.82) is 0 Å². The van der Waals surface area contributed by atoms with Crippen LogP contribution in [0.3, 0.4) is 0 Å². The number of aryl methyl sites for hydroxylation is 1. The molecule has 0 saturated heterocycles. The van der Waals surface area contributed by atoms with Crippen LogP contribution in [0.2, 0.25) is 0 Å². The van der Waals surface area contributed by atoms with Gasteiger partial charge < -0.3 is 5.32 Å². The Labute approximate surface area is 161 Å². The summed E-state index contributed by atoms with van der Waals surface area (Å²) in [7, 11) is 0. The number of aromatic nitrogens is 3. The van der Waals surface area contributed by atoms with Crippen LogP contribution in [-0.4, -0.2) is 20.7 Å². The molecule has 5 nitrogen and oxygen atoms in total. The van der Waals surface area contributed by atoms with Crippen LogP contribution in [0.1, 0.15) is 23.7 Å². The summed E-state index contributed by atoms with van der Waals surface area (Å²) in [6.45, 7) is 2.78. The zero-order chi connectivity index (χ0) is 19.5. The Hall–Kier alpha value is -3.54. The second-order valence-corrected chi connectivity index (χ2v) is 6.47. The highest BCUT2D eigenvalue weighted by Crippen LogP contribution is 2.26. The van der Waals surface area contributed by atoms with Crippen LogP contribution in [0.25, 0.3) is 22.2 Å². The Bertz CT molecular complexity index is 1130. The number of hydrogen-bond donors (Lipinski definition) is 1. The van der Waals surface area contributed by atoms with Crippen molar-refractivity contribution in [2.24, 2.45) is 0 Å². The van der Waals surface area contributed by atoms with Crippen molar-refractivity contribution in [2.45, 2.75) is 19.9 Å². The molecule has 1 N–H and O–H groups in total. The van der Waals surface area contributed by atoms with Gasteiger partial charge in [-0.25, -0.2) is 14.1 Å². The van der Waals surface area contributed by atoms with Gasteiger partial charge in [-0.05, 0) is 42.8 Å². The van der Waals surface area contributed by atoms with E-state index in [1.165, 1.54) is 12.1 Å². The molecule has 0 aliphatic rings. The zero-order valence-electron chi connectivity index (χ0n) is 15.4. The number of carbonyl (C=O) groups excluding carboxylic acids is 1. The average molecular weight is 374 g/mol. The quantitative estimate of drug-likeness (QED) is 0.540. The van der Waals surface area contributed by atoms with Crippen molar-refractivity contribution in [1.82, 2.24) is 14.8 Å². The highest BCUT2D eigenvalue weighted by atomic mass is 19.1. The second kappa shape index (κ2) is 7.60. The van der Waals surface area contributed by atoms with E-state index >= 15 is 0 Å². The first-order valence-electron chi connectivity index (χ1n) is 9.14. The molecule has 0 radical (unpaired) electrons. The standard InChI is InChI=1S/C22H19FN4O/c1-2-13-27-21(11-12-24-27)26-22(28)18-14-20(15-7-9-16(23)10-8-15)25-19-6-4-3-5-17(18)19/h3-12,14H,2,13H2,1H3,(H,26,28). The fourth-order valence-electron chi connectivity index (χ4n) is 3.14. The molecule has 4 rings (SSSR count). The van der Waals surface area contributed by atoms with Crippen molar-refractivity contribution in [3.8, 4) is 11.3 Å². The van der Waals surface area contributed by atoms with Gasteiger partial charge in [0.15, 0.2) is 0 Å². The third-order valence-electron chi connectivity index (χ3n) is 4.49. The SMILES string of the molecule is CCCn1nccc1NC(=O)c1cc(-c2ccc(F)cc2)nc2ccccc12. The Morgan fingerprint density at radius 3 is 2.68 bits per heavy atom. The first-order valence-corrected chi connectivity index (χ1v) is 9.14. The molecule has 28 heavy (non-hydrogen) atoms. The van der Waals surface area contributed by atoms with Crippen LogP contribution in [0.5, 0.6) is 0 Å². The molecule has 0 spiro atoms. The molecule has 0 fully saturated rings. The molecule has 6 heteroatoms. The van der Waals surface area contributed by atoms with Crippen LogP contribution in [-0.2, 0) is 6.54 Å². The second-order valence-electron chi connectivity index (χ2n) is 6.47. The molecule has 2 aromatic carbocycles. The number of nitrogens with zero attached hydrogens (tertiary/aromatic N) is 3. The van der Waals surface area contributed by atoms with Gasteiger partial charge in [-0.15, -0.1) is 0 Å². The maximum Gasteiger partial charge on any atom is 0.257 e. The van der Waals surface area contributed by atoms with Gasteiger partial charge in [0.1, 0.15) is 11.6 Å². The van der Waals surface area contributed by atoms with E-state index < -0.39 is 0 Å². The number of fused-ring (bicyclic) bond motifs is 1. The molecule has 0 aliphatic heterocycles. The predicted molar refractivity (Wildman–Crippen MR) is 108 cm³/mol. The Balaban J connectivity index is 1.77. The van der Waals surface area contributed by atoms with Crippen LogP contribution >= 0.6 is 0 Å². The molecule has 140 valence electrons. The van der Waals surface area contributed by atoms with Gasteiger partial charge in [0.05, 0.1) is 23.0 Å². The van der Waals surface area contributed by atoms with Gasteiger partial charge in [0, 0.05) is 23.6 Å². The number of benzene rings is 2. The van der Waals surface area contributed by atoms with Crippen LogP contribution in [0.15, 0.2) is 66.9 Å². The van der Waals surface area contributed by atoms with Crippen molar-refractivity contribution in [3.63, 3.8) is 0 Å². The summed E-state index contributed by atoms with van der Waals surface area (Å²) in [6.07, 6.45) is 2.58. The lowest BCUT2D eigenvalue weighted by Gasteiger charge is -2.12. The predicted octanol–water partition coefficient (Wildman–Crippen LogP) is 4.90. The maximum atomic E-state index is 13.3. The van der Waals surface area contributed by atoms with Crippen LogP contribution < -0.4 is 5.32 Å². The smallest absolute Gasteiger partial charge is 0.257 e. The number of pyridine rings is 1. The summed E-state index contributed by atoms with van der Waals surface area (Å²) in [5, 5.41) is 7.94. The van der Waals surface area contributed by atoms with Crippen molar-refractivity contribution >= 4 is 22.6 Å². The summed E-state index contributed by atoms with van der Waals surface area (Å²) >= 11 is 0. The van der Waals surface area contributed by atoms with Crippen molar-refractivity contribution in [2.75, 3.05) is 5.32 Å². The number of rotatable bonds is 5. The highest BCUT2D eigenvalue weighted by Gasteiger charge is 2.15. The lowest BCUT2D eigenvalue weighted by Crippen LogP contribution is -2.16. The van der Waals surface area contributed by atoms with E-state index in [0.29, 0.717) is 22.6 Å². The van der Waals surface area contributed by atoms with Crippen LogP contribution in [0, 0.1) is 5.82 Å². The monoisotopic (exact) mass is 374 g/mol. The molecule has 4 aromatic rings. The first-order chi connectivity index (χ1) is 13.7. The molecule has 2 aromatic heterocycles. The third-order valence-corrected chi connectivity index (χ3v) is 4.49. The van der Waals surface area contributed by atoms with Crippen molar-refractivity contribution in [3.05, 3.63) is 78.2 Å². The van der Waals surface area contributed by atoms with Gasteiger partial charge in [-0.2, -0.15) is 5.10 Å². The van der Waals surface area contributed by atoms with E-state index in [9.17, 15) is 9.18 Å². The lowest BCUT2D eigenvalue weighted by atomic mass is 10.0. The topological polar surface area (TPSA) is 59.8 Å². The molecular weight excluding hydrogens is 355 g/mol. The zero-order valence-corrected chi connectivity index (χ0v) is 15.4. The molecule has 2 heterocycles. The first kappa shape index (κ1) is 17.9. The molecule has 1 amide bonds. The summed E-state index contributed by atoms with van der Waals surface area (Å²) in [4.78, 5) is 17.7. The fourth-order valence-corrected chi connectivity index (χ4v) is 3.14. The normalized spacial score (nSPS) is 10.9. The third kappa shape index (κ3) is 3.49. The summed E-state index contributed by atoms with van der Waals surface area (Å²) in [5.74, 6) is 0.0996. The lowest BCUT2D eigenvalue weighted by molar-refractivity contribution is 0.102. The molecule has 0 bridgehead atoms. The largest absolute Gasteiger partial charge is 0.307 e. The minimum absolute atomic E-state index is 0.236. The molecule has 0 aliphatic carbocycles. The molecular formula is C22H19FN4O. The molecule has 0 saturated carbocycles. The van der Waals surface area contributed by atoms with Gasteiger partial charge in [0.25, 0.3) is 5.91 Å². The van der Waals surface area contributed by atoms with E-state index in [1.54, 1.807) is 35.1 Å². The Kier molecular flexibility index (Phi) is 4.85. The molecule has 0 atom stereocenters. The van der Waals surface area contributed by atoms with E-state index in [0.717, 1.165) is 23.9 Å². The molecule has 0 unspecified atom stereocenters. The maximum absolute atomic E-state index is 13.3. The minimum Gasteiger partial charge on any atom is -0.307 e. The van der Waals surface area contributed by atoms with Gasteiger partial charge in [-0.3, -0.25) is 4.79 Å². The Morgan fingerprint density at radius 2 is 1.89 bits per heavy atom. The number of halogens is 1. The van der Waals surface area contributed by atoms with E-state index in [4.69, 9.17) is 0 Å². The minimum atomic E-state index is -0.313. The number of amides is 1. The Morgan fingerprint density at radius 1 is 1.11 bits per heavy atom. The van der Waals surface area contributed by atoms with Crippen LogP contribution in [0.4, 0.5) is 10.2 Å². The summed E-state index contributed by atoms with van der Waals surface area (Å²) in [6, 6.07) is 17.1. The number of para-hydroxylation sites is 1. The van der Waals surface area contributed by atoms with Crippen molar-refractivity contribution < 1.29 is 9.18 Å². The van der Waals surface area contributed by atoms with Gasteiger partial charge in [-0.1, -0.05) is 25.1 Å². The average Bonchev–Trinajstić information content (AvgIpc) is 3.14. The number of nitrogens with one attached hydrogen (secondary N) is 1. The van der Waals surface area contributed by atoms with E-state index in [-0.39, 0.29) is 11.7 Å². The fraction of sp³-hybridized carbons (Fsp3) is 0.136. The summed E-state index contributed by atoms with van der Waals surface area (Å²) in [5.41, 5.74) is 2.58. The summed E-state index contributed by atoms with van der Waals surface area (Å²) < 4.78 is 15.0. The van der Waals surface area contributed by atoms with Gasteiger partial charge >= 0.3 is 0 Å². The van der Waals surface area contributed by atoms with E-state index in [1.807, 2.05) is 24.3 Å². The number of hydrogen-bond acceptors (Lipinski definition) is 3.